The summed E-state index contributed by atoms with van der Waals surface area (Å²) in [7, 11) is 0. The van der Waals surface area contributed by atoms with Crippen molar-refractivity contribution >= 4 is 0 Å². The van der Waals surface area contributed by atoms with E-state index in [0.717, 1.165) is 16.7 Å². The van der Waals surface area contributed by atoms with Crippen LogP contribution >= 0.6 is 0 Å². The van der Waals surface area contributed by atoms with Crippen molar-refractivity contribution < 1.29 is 5.11 Å². The highest BCUT2D eigenvalue weighted by Crippen LogP contribution is 2.31. The molecule has 0 radical (unpaired) electrons. The first kappa shape index (κ1) is 11.5. The van der Waals surface area contributed by atoms with Crippen LogP contribution in [0.4, 0.5) is 0 Å². The zero-order valence-electron chi connectivity index (χ0n) is 10.5. The van der Waals surface area contributed by atoms with Gasteiger partial charge in [-0.05, 0) is 28.8 Å². The lowest BCUT2D eigenvalue weighted by atomic mass is 9.99. The molecule has 0 spiro atoms. The first-order valence-corrected chi connectivity index (χ1v) is 6.28. The van der Waals surface area contributed by atoms with Gasteiger partial charge in [0.25, 0.3) is 0 Å². The van der Waals surface area contributed by atoms with E-state index in [1.807, 2.05) is 48.5 Å². The number of benzene rings is 3. The van der Waals surface area contributed by atoms with Gasteiger partial charge in [0.05, 0.1) is 0 Å². The van der Waals surface area contributed by atoms with Crippen LogP contribution in [0.25, 0.3) is 22.3 Å². The average Bonchev–Trinajstić information content (AvgIpc) is 2.49. The quantitative estimate of drug-likeness (QED) is 0.693. The average molecular weight is 246 g/mol. The highest BCUT2D eigenvalue weighted by molar-refractivity contribution is 5.76. The molecule has 0 amide bonds. The van der Waals surface area contributed by atoms with E-state index in [1.54, 1.807) is 6.07 Å². The molecule has 0 unspecified atom stereocenters. The van der Waals surface area contributed by atoms with Gasteiger partial charge in [-0.2, -0.15) is 0 Å². The van der Waals surface area contributed by atoms with Crippen LogP contribution < -0.4 is 0 Å². The number of hydrogen-bond donors (Lipinski definition) is 1. The van der Waals surface area contributed by atoms with Crippen molar-refractivity contribution in [2.45, 2.75) is 0 Å². The molecule has 0 aromatic heterocycles. The maximum Gasteiger partial charge on any atom is 0.123 e. The van der Waals surface area contributed by atoms with Crippen LogP contribution in [0.3, 0.4) is 0 Å². The maximum absolute atomic E-state index is 9.93. The Balaban J connectivity index is 2.09. The topological polar surface area (TPSA) is 20.2 Å². The summed E-state index contributed by atoms with van der Waals surface area (Å²) in [6.45, 7) is 0. The SMILES string of the molecule is Oc1ccccc1-c1cccc(-c2ccccc2)c1. The van der Waals surface area contributed by atoms with Gasteiger partial charge < -0.3 is 5.11 Å². The van der Waals surface area contributed by atoms with Crippen molar-refractivity contribution in [2.24, 2.45) is 0 Å². The monoisotopic (exact) mass is 246 g/mol. The summed E-state index contributed by atoms with van der Waals surface area (Å²) in [5.74, 6) is 0.313. The number of phenols is 1. The highest BCUT2D eigenvalue weighted by Gasteiger charge is 2.04. The molecule has 0 aliphatic heterocycles. The molecule has 0 fully saturated rings. The summed E-state index contributed by atoms with van der Waals surface area (Å²) in [4.78, 5) is 0. The van der Waals surface area contributed by atoms with Gasteiger partial charge in [-0.3, -0.25) is 0 Å². The minimum atomic E-state index is 0.313. The van der Waals surface area contributed by atoms with E-state index in [4.69, 9.17) is 0 Å². The fraction of sp³-hybridized carbons (Fsp3) is 0. The molecule has 3 rings (SSSR count). The van der Waals surface area contributed by atoms with E-state index in [1.165, 1.54) is 5.56 Å². The zero-order valence-corrected chi connectivity index (χ0v) is 10.5. The van der Waals surface area contributed by atoms with Gasteiger partial charge in [0, 0.05) is 5.56 Å². The second-order valence-corrected chi connectivity index (χ2v) is 4.46. The lowest BCUT2D eigenvalue weighted by Gasteiger charge is -2.07. The normalized spacial score (nSPS) is 10.3. The van der Waals surface area contributed by atoms with Crippen molar-refractivity contribution in [1.29, 1.82) is 0 Å². The van der Waals surface area contributed by atoms with Gasteiger partial charge in [0.2, 0.25) is 0 Å². The molecule has 0 bridgehead atoms. The van der Waals surface area contributed by atoms with Gasteiger partial charge in [-0.25, -0.2) is 0 Å². The molecule has 0 atom stereocenters. The molecule has 1 nitrogen and oxygen atoms in total. The van der Waals surface area contributed by atoms with E-state index in [2.05, 4.69) is 24.3 Å². The van der Waals surface area contributed by atoms with Crippen LogP contribution in [0.1, 0.15) is 0 Å². The smallest absolute Gasteiger partial charge is 0.123 e. The number of hydrogen-bond acceptors (Lipinski definition) is 1. The van der Waals surface area contributed by atoms with Crippen LogP contribution in [0.2, 0.25) is 0 Å². The Morgan fingerprint density at radius 1 is 0.526 bits per heavy atom. The molecule has 0 aliphatic carbocycles. The Hall–Kier alpha value is -2.54. The van der Waals surface area contributed by atoms with E-state index in [-0.39, 0.29) is 0 Å². The third kappa shape index (κ3) is 2.36. The van der Waals surface area contributed by atoms with Gasteiger partial charge in [-0.1, -0.05) is 66.7 Å². The first-order valence-electron chi connectivity index (χ1n) is 6.28. The standard InChI is InChI=1S/C18H14O/c19-18-12-5-4-11-17(18)16-10-6-9-15(13-16)14-7-2-1-3-8-14/h1-13,19H. The van der Waals surface area contributed by atoms with Crippen LogP contribution in [0.5, 0.6) is 5.75 Å². The molecule has 3 aromatic carbocycles. The lowest BCUT2D eigenvalue weighted by Crippen LogP contribution is -1.81. The molecule has 1 N–H and O–H groups in total. The van der Waals surface area contributed by atoms with Gasteiger partial charge >= 0.3 is 0 Å². The summed E-state index contributed by atoms with van der Waals surface area (Å²) in [6.07, 6.45) is 0. The number of para-hydroxylation sites is 1. The van der Waals surface area contributed by atoms with Crippen molar-refractivity contribution in [1.82, 2.24) is 0 Å². The van der Waals surface area contributed by atoms with Crippen LogP contribution in [0, 0.1) is 0 Å². The van der Waals surface area contributed by atoms with Crippen LogP contribution in [-0.4, -0.2) is 5.11 Å². The Bertz CT molecular complexity index is 687. The maximum atomic E-state index is 9.93. The molecule has 0 saturated carbocycles. The summed E-state index contributed by atoms with van der Waals surface area (Å²) in [6, 6.07) is 25.9. The number of phenolic OH excluding ortho intramolecular Hbond substituents is 1. The molecular formula is C18H14O. The lowest BCUT2D eigenvalue weighted by molar-refractivity contribution is 0.477. The fourth-order valence-corrected chi connectivity index (χ4v) is 2.21. The molecular weight excluding hydrogens is 232 g/mol. The molecule has 1 heteroatoms. The minimum Gasteiger partial charge on any atom is -0.507 e. The van der Waals surface area contributed by atoms with Gasteiger partial charge in [0.1, 0.15) is 5.75 Å². The van der Waals surface area contributed by atoms with E-state index in [9.17, 15) is 5.11 Å². The van der Waals surface area contributed by atoms with Crippen LogP contribution in [-0.2, 0) is 0 Å². The third-order valence-corrected chi connectivity index (χ3v) is 3.18. The van der Waals surface area contributed by atoms with E-state index < -0.39 is 0 Å². The molecule has 92 valence electrons. The predicted molar refractivity (Wildman–Crippen MR) is 79.0 cm³/mol. The summed E-state index contributed by atoms with van der Waals surface area (Å²) in [5, 5.41) is 9.93. The zero-order chi connectivity index (χ0) is 13.1. The summed E-state index contributed by atoms with van der Waals surface area (Å²) < 4.78 is 0. The van der Waals surface area contributed by atoms with E-state index >= 15 is 0 Å². The second-order valence-electron chi connectivity index (χ2n) is 4.46. The first-order chi connectivity index (χ1) is 9.34. The van der Waals surface area contributed by atoms with Gasteiger partial charge in [0.15, 0.2) is 0 Å². The van der Waals surface area contributed by atoms with Crippen molar-refractivity contribution in [3.8, 4) is 28.0 Å². The molecule has 0 saturated heterocycles. The Labute approximate surface area is 112 Å². The van der Waals surface area contributed by atoms with Crippen LogP contribution in [0.15, 0.2) is 78.9 Å². The predicted octanol–water partition coefficient (Wildman–Crippen LogP) is 4.73. The van der Waals surface area contributed by atoms with Crippen molar-refractivity contribution in [3.05, 3.63) is 78.9 Å². The van der Waals surface area contributed by atoms with Crippen molar-refractivity contribution in [3.63, 3.8) is 0 Å². The Morgan fingerprint density at radius 3 is 1.95 bits per heavy atom. The molecule has 19 heavy (non-hydrogen) atoms. The molecule has 3 aromatic rings. The molecule has 0 aliphatic rings. The van der Waals surface area contributed by atoms with Gasteiger partial charge in [-0.15, -0.1) is 0 Å². The summed E-state index contributed by atoms with van der Waals surface area (Å²) in [5.41, 5.74) is 4.22. The highest BCUT2D eigenvalue weighted by atomic mass is 16.3. The second kappa shape index (κ2) is 4.99. The summed E-state index contributed by atoms with van der Waals surface area (Å²) >= 11 is 0. The third-order valence-electron chi connectivity index (χ3n) is 3.18. The Morgan fingerprint density at radius 2 is 1.16 bits per heavy atom. The number of aromatic hydroxyl groups is 1. The Kier molecular flexibility index (Phi) is 3.03. The van der Waals surface area contributed by atoms with Crippen molar-refractivity contribution in [2.75, 3.05) is 0 Å². The minimum absolute atomic E-state index is 0.313. The van der Waals surface area contributed by atoms with E-state index in [0.29, 0.717) is 5.75 Å². The number of rotatable bonds is 2. The fourth-order valence-electron chi connectivity index (χ4n) is 2.21. The largest absolute Gasteiger partial charge is 0.507 e. The molecule has 0 heterocycles.